The van der Waals surface area contributed by atoms with Gasteiger partial charge in [-0.25, -0.2) is 8.42 Å². The van der Waals surface area contributed by atoms with Gasteiger partial charge < -0.3 is 20.5 Å². The molecule has 0 aliphatic carbocycles. The van der Waals surface area contributed by atoms with Gasteiger partial charge in [-0.2, -0.15) is 4.31 Å². The van der Waals surface area contributed by atoms with Gasteiger partial charge in [-0.05, 0) is 75.3 Å². The molecular formula is C29H43N3O4S. The Morgan fingerprint density at radius 3 is 2.49 bits per heavy atom. The molecule has 2 aromatic carbocycles. The molecule has 204 valence electrons. The van der Waals surface area contributed by atoms with Crippen LogP contribution in [0.25, 0.3) is 11.1 Å². The molecule has 0 saturated carbocycles. The minimum Gasteiger partial charge on any atom is -0.392 e. The number of benzene rings is 2. The summed E-state index contributed by atoms with van der Waals surface area (Å²) in [6, 6.07) is 15.8. The van der Waals surface area contributed by atoms with Gasteiger partial charge in [0.1, 0.15) is 0 Å². The van der Waals surface area contributed by atoms with E-state index in [1.165, 1.54) is 5.56 Å². The van der Waals surface area contributed by atoms with Gasteiger partial charge in [0.05, 0.1) is 23.2 Å². The Balaban J connectivity index is 1.39. The van der Waals surface area contributed by atoms with E-state index in [9.17, 15) is 13.5 Å². The average molecular weight is 530 g/mol. The summed E-state index contributed by atoms with van der Waals surface area (Å²) < 4.78 is 34.8. The molecule has 0 aromatic heterocycles. The quantitative estimate of drug-likeness (QED) is 0.432. The predicted molar refractivity (Wildman–Crippen MR) is 148 cm³/mol. The van der Waals surface area contributed by atoms with Crippen LogP contribution in [0.15, 0.2) is 53.4 Å². The summed E-state index contributed by atoms with van der Waals surface area (Å²) in [5.74, 6) is 0. The molecule has 2 saturated heterocycles. The van der Waals surface area contributed by atoms with Crippen LogP contribution in [0.1, 0.15) is 58.9 Å². The minimum absolute atomic E-state index is 0.0938. The van der Waals surface area contributed by atoms with E-state index in [1.807, 2.05) is 12.1 Å². The molecule has 2 fully saturated rings. The maximum atomic E-state index is 13.5. The third kappa shape index (κ3) is 6.99. The zero-order valence-electron chi connectivity index (χ0n) is 22.7. The van der Waals surface area contributed by atoms with Gasteiger partial charge in [0, 0.05) is 37.8 Å². The van der Waals surface area contributed by atoms with Gasteiger partial charge in [-0.15, -0.1) is 0 Å². The van der Waals surface area contributed by atoms with Gasteiger partial charge >= 0.3 is 0 Å². The third-order valence-electron chi connectivity index (χ3n) is 7.96. The summed E-state index contributed by atoms with van der Waals surface area (Å²) in [5.41, 5.74) is 2.93. The second-order valence-corrected chi connectivity index (χ2v) is 13.3. The fraction of sp³-hybridized carbons (Fsp3) is 0.586. The minimum atomic E-state index is -3.59. The normalized spacial score (nSPS) is 21.4. The Hall–Kier alpha value is -1.81. The number of aliphatic hydroxyl groups excluding tert-OH is 1. The Bertz CT molecular complexity index is 1140. The van der Waals surface area contributed by atoms with Crippen molar-refractivity contribution in [1.82, 2.24) is 14.9 Å². The molecule has 2 aliphatic rings. The van der Waals surface area contributed by atoms with Gasteiger partial charge in [0.2, 0.25) is 10.0 Å². The van der Waals surface area contributed by atoms with Crippen molar-refractivity contribution in [2.45, 2.75) is 88.1 Å². The van der Waals surface area contributed by atoms with Crippen LogP contribution in [0.2, 0.25) is 0 Å². The summed E-state index contributed by atoms with van der Waals surface area (Å²) in [6.07, 6.45) is 2.88. The zero-order valence-corrected chi connectivity index (χ0v) is 23.5. The topological polar surface area (TPSA) is 90.9 Å². The van der Waals surface area contributed by atoms with Crippen LogP contribution in [0.5, 0.6) is 0 Å². The summed E-state index contributed by atoms with van der Waals surface area (Å²) in [4.78, 5) is 0.334. The van der Waals surface area contributed by atoms with E-state index in [0.29, 0.717) is 44.0 Å². The standard InChI is InChI=1S/C29H43N3O4S/c1-5-28(3,4)31-20-23-9-11-24(12-10-23)25-7-6-8-27(17-25)37(34,35)32-15-13-29(14-16-32)18-26(21-36-29)30-19-22(2)33/h6-12,17,22,26,30-31,33H,5,13-16,18-21H2,1-4H3/t22?,26-/m1/s1. The Kier molecular flexibility index (Phi) is 8.78. The number of aliphatic hydroxyl groups is 1. The first-order chi connectivity index (χ1) is 17.5. The lowest BCUT2D eigenvalue weighted by molar-refractivity contribution is -0.0312. The van der Waals surface area contributed by atoms with Crippen LogP contribution in [0.4, 0.5) is 0 Å². The fourth-order valence-corrected chi connectivity index (χ4v) is 6.55. The van der Waals surface area contributed by atoms with Gasteiger partial charge in [0.15, 0.2) is 0 Å². The first kappa shape index (κ1) is 28.2. The number of nitrogens with one attached hydrogen (secondary N) is 2. The molecular weight excluding hydrogens is 486 g/mol. The number of piperidine rings is 1. The third-order valence-corrected chi connectivity index (χ3v) is 9.85. The number of sulfonamides is 1. The van der Waals surface area contributed by atoms with E-state index in [1.54, 1.807) is 23.4 Å². The Labute approximate surface area is 222 Å². The van der Waals surface area contributed by atoms with Crippen LogP contribution >= 0.6 is 0 Å². The van der Waals surface area contributed by atoms with Crippen LogP contribution in [-0.4, -0.2) is 67.4 Å². The summed E-state index contributed by atoms with van der Waals surface area (Å²) in [6.45, 7) is 11.2. The monoisotopic (exact) mass is 529 g/mol. The second-order valence-electron chi connectivity index (χ2n) is 11.4. The molecule has 4 rings (SSSR count). The van der Waals surface area contributed by atoms with Crippen molar-refractivity contribution < 1.29 is 18.3 Å². The van der Waals surface area contributed by atoms with Crippen LogP contribution in [0.3, 0.4) is 0 Å². The van der Waals surface area contributed by atoms with Gasteiger partial charge in [-0.3, -0.25) is 0 Å². The van der Waals surface area contributed by atoms with E-state index < -0.39 is 16.1 Å². The highest BCUT2D eigenvalue weighted by molar-refractivity contribution is 7.89. The van der Waals surface area contributed by atoms with E-state index in [0.717, 1.165) is 30.5 Å². The van der Waals surface area contributed by atoms with Gasteiger partial charge in [0.25, 0.3) is 0 Å². The number of hydrogen-bond acceptors (Lipinski definition) is 6. The lowest BCUT2D eigenvalue weighted by Crippen LogP contribution is -2.47. The highest BCUT2D eigenvalue weighted by Crippen LogP contribution is 2.37. The first-order valence-corrected chi connectivity index (χ1v) is 15.0. The molecule has 3 N–H and O–H groups in total. The van der Waals surface area contributed by atoms with E-state index in [4.69, 9.17) is 4.74 Å². The lowest BCUT2D eigenvalue weighted by Gasteiger charge is -2.38. The van der Waals surface area contributed by atoms with Crippen LogP contribution in [0, 0.1) is 0 Å². The highest BCUT2D eigenvalue weighted by Gasteiger charge is 2.44. The fourth-order valence-electron chi connectivity index (χ4n) is 5.06. The lowest BCUT2D eigenvalue weighted by atomic mass is 9.88. The van der Waals surface area contributed by atoms with E-state index >= 15 is 0 Å². The summed E-state index contributed by atoms with van der Waals surface area (Å²) >= 11 is 0. The smallest absolute Gasteiger partial charge is 0.243 e. The SMILES string of the molecule is CCC(C)(C)NCc1ccc(-c2cccc(S(=O)(=O)N3CCC4(CC3)C[C@@H](NCC(C)O)CO4)c2)cc1. The van der Waals surface area contributed by atoms with Crippen molar-refractivity contribution >= 4 is 10.0 Å². The second kappa shape index (κ2) is 11.5. The molecule has 8 heteroatoms. The van der Waals surface area contributed by atoms with Crippen LogP contribution in [-0.2, 0) is 21.3 Å². The van der Waals surface area contributed by atoms with Gasteiger partial charge in [-0.1, -0.05) is 43.3 Å². The maximum Gasteiger partial charge on any atom is 0.243 e. The average Bonchev–Trinajstić information content (AvgIpc) is 3.29. The first-order valence-electron chi connectivity index (χ1n) is 13.5. The molecule has 1 spiro atoms. The van der Waals surface area contributed by atoms with Crippen molar-refractivity contribution in [3.63, 3.8) is 0 Å². The number of hydrogen-bond donors (Lipinski definition) is 3. The Morgan fingerprint density at radius 2 is 1.84 bits per heavy atom. The van der Waals surface area contributed by atoms with Crippen molar-refractivity contribution in [1.29, 1.82) is 0 Å². The number of rotatable bonds is 10. The van der Waals surface area contributed by atoms with Crippen molar-refractivity contribution in [3.05, 3.63) is 54.1 Å². The number of nitrogens with zero attached hydrogens (tertiary/aromatic N) is 1. The van der Waals surface area contributed by atoms with E-state index in [-0.39, 0.29) is 17.2 Å². The summed E-state index contributed by atoms with van der Waals surface area (Å²) in [5, 5.41) is 16.5. The Morgan fingerprint density at radius 1 is 1.14 bits per heavy atom. The molecule has 2 heterocycles. The largest absolute Gasteiger partial charge is 0.392 e. The van der Waals surface area contributed by atoms with Crippen molar-refractivity contribution in [2.24, 2.45) is 0 Å². The van der Waals surface area contributed by atoms with E-state index in [2.05, 4.69) is 55.7 Å². The number of ether oxygens (including phenoxy) is 1. The van der Waals surface area contributed by atoms with Crippen LogP contribution < -0.4 is 10.6 Å². The predicted octanol–water partition coefficient (Wildman–Crippen LogP) is 3.91. The highest BCUT2D eigenvalue weighted by atomic mass is 32.2. The molecule has 2 atom stereocenters. The molecule has 2 aromatic rings. The maximum absolute atomic E-state index is 13.5. The van der Waals surface area contributed by atoms with Crippen molar-refractivity contribution in [2.75, 3.05) is 26.2 Å². The van der Waals surface area contributed by atoms with Crippen molar-refractivity contribution in [3.8, 4) is 11.1 Å². The molecule has 0 radical (unpaired) electrons. The molecule has 2 aliphatic heterocycles. The molecule has 7 nitrogen and oxygen atoms in total. The molecule has 0 bridgehead atoms. The molecule has 1 unspecified atom stereocenters. The zero-order chi connectivity index (χ0) is 26.7. The molecule has 0 amide bonds. The molecule has 37 heavy (non-hydrogen) atoms. The summed E-state index contributed by atoms with van der Waals surface area (Å²) in [7, 11) is -3.59.